The average Bonchev–Trinajstić information content (AvgIpc) is 2.15. The van der Waals surface area contributed by atoms with Crippen LogP contribution in [0.25, 0.3) is 0 Å². The SMILES string of the molecule is O=C([O-])/C=C\C(=O)Nc1cccc(Cl)c1. The molecule has 0 saturated carbocycles. The van der Waals surface area contributed by atoms with E-state index in [1.165, 1.54) is 0 Å². The molecule has 1 amide bonds. The molecule has 15 heavy (non-hydrogen) atoms. The number of carbonyl (C=O) groups is 2. The molecule has 0 spiro atoms. The summed E-state index contributed by atoms with van der Waals surface area (Å²) in [7, 11) is 0. The minimum atomic E-state index is -1.42. The first kappa shape index (κ1) is 11.3. The van der Waals surface area contributed by atoms with E-state index in [9.17, 15) is 14.7 Å². The lowest BCUT2D eigenvalue weighted by Crippen LogP contribution is -2.20. The van der Waals surface area contributed by atoms with Gasteiger partial charge >= 0.3 is 0 Å². The number of benzene rings is 1. The molecule has 0 fully saturated rings. The van der Waals surface area contributed by atoms with Gasteiger partial charge in [0, 0.05) is 16.8 Å². The van der Waals surface area contributed by atoms with Crippen LogP contribution in [0.15, 0.2) is 36.4 Å². The molecule has 1 aromatic carbocycles. The van der Waals surface area contributed by atoms with E-state index < -0.39 is 11.9 Å². The zero-order valence-corrected chi connectivity index (χ0v) is 8.32. The van der Waals surface area contributed by atoms with Gasteiger partial charge in [0.2, 0.25) is 5.91 Å². The topological polar surface area (TPSA) is 69.2 Å². The van der Waals surface area contributed by atoms with Crippen LogP contribution in [0.1, 0.15) is 0 Å². The van der Waals surface area contributed by atoms with Crippen LogP contribution in [-0.2, 0) is 9.59 Å². The molecule has 1 N–H and O–H groups in total. The van der Waals surface area contributed by atoms with E-state index in [0.29, 0.717) is 16.8 Å². The largest absolute Gasteiger partial charge is 0.545 e. The Labute approximate surface area is 91.2 Å². The predicted octanol–water partition coefficient (Wildman–Crippen LogP) is 0.585. The highest BCUT2D eigenvalue weighted by Crippen LogP contribution is 2.14. The van der Waals surface area contributed by atoms with Gasteiger partial charge in [-0.25, -0.2) is 0 Å². The molecule has 0 aliphatic heterocycles. The van der Waals surface area contributed by atoms with Crippen molar-refractivity contribution in [3.63, 3.8) is 0 Å². The number of halogens is 1. The quantitative estimate of drug-likeness (QED) is 0.764. The summed E-state index contributed by atoms with van der Waals surface area (Å²) in [5, 5.41) is 12.9. The van der Waals surface area contributed by atoms with E-state index in [-0.39, 0.29) is 0 Å². The number of carbonyl (C=O) groups excluding carboxylic acids is 2. The Hall–Kier alpha value is -1.81. The van der Waals surface area contributed by atoms with E-state index in [4.69, 9.17) is 11.6 Å². The number of carboxylic acids is 1. The molecule has 4 nitrogen and oxygen atoms in total. The first-order valence-electron chi connectivity index (χ1n) is 4.03. The van der Waals surface area contributed by atoms with Gasteiger partial charge in [0.1, 0.15) is 0 Å². The summed E-state index contributed by atoms with van der Waals surface area (Å²) in [4.78, 5) is 21.1. The second kappa shape index (κ2) is 5.17. The second-order valence-corrected chi connectivity index (χ2v) is 3.09. The smallest absolute Gasteiger partial charge is 0.248 e. The lowest BCUT2D eigenvalue weighted by Gasteiger charge is -2.01. The molecule has 78 valence electrons. The van der Waals surface area contributed by atoms with E-state index >= 15 is 0 Å². The highest BCUT2D eigenvalue weighted by molar-refractivity contribution is 6.30. The van der Waals surface area contributed by atoms with Gasteiger partial charge in [-0.15, -0.1) is 0 Å². The van der Waals surface area contributed by atoms with Crippen molar-refractivity contribution in [2.75, 3.05) is 5.32 Å². The fourth-order valence-corrected chi connectivity index (χ4v) is 1.08. The van der Waals surface area contributed by atoms with Crippen LogP contribution < -0.4 is 10.4 Å². The van der Waals surface area contributed by atoms with Gasteiger partial charge in [0.05, 0.1) is 5.97 Å². The number of rotatable bonds is 3. The summed E-state index contributed by atoms with van der Waals surface area (Å²) < 4.78 is 0. The molecule has 0 unspecified atom stereocenters. The van der Waals surface area contributed by atoms with Crippen LogP contribution >= 0.6 is 11.6 Å². The number of carboxylic acid groups (broad SMARTS) is 1. The average molecular weight is 225 g/mol. The van der Waals surface area contributed by atoms with Crippen molar-refractivity contribution in [1.82, 2.24) is 0 Å². The van der Waals surface area contributed by atoms with Crippen molar-refractivity contribution < 1.29 is 14.7 Å². The molecule has 0 atom stereocenters. The molecule has 0 aliphatic rings. The molecule has 0 heterocycles. The van der Waals surface area contributed by atoms with Crippen LogP contribution in [0.5, 0.6) is 0 Å². The van der Waals surface area contributed by atoms with Crippen molar-refractivity contribution in [2.24, 2.45) is 0 Å². The predicted molar refractivity (Wildman–Crippen MR) is 54.2 cm³/mol. The third kappa shape index (κ3) is 4.28. The standard InChI is InChI=1S/C10H8ClNO3/c11-7-2-1-3-8(6-7)12-9(13)4-5-10(14)15/h1-6H,(H,12,13)(H,14,15)/p-1/b5-4-. The van der Waals surface area contributed by atoms with E-state index in [0.717, 1.165) is 6.08 Å². The second-order valence-electron chi connectivity index (χ2n) is 2.65. The van der Waals surface area contributed by atoms with Gasteiger partial charge < -0.3 is 15.2 Å². The van der Waals surface area contributed by atoms with Crippen molar-refractivity contribution in [3.8, 4) is 0 Å². The first-order valence-corrected chi connectivity index (χ1v) is 4.41. The molecule has 1 rings (SSSR count). The number of hydrogen-bond donors (Lipinski definition) is 1. The summed E-state index contributed by atoms with van der Waals surface area (Å²) in [6, 6.07) is 6.51. The van der Waals surface area contributed by atoms with Crippen molar-refractivity contribution in [2.45, 2.75) is 0 Å². The first-order chi connectivity index (χ1) is 7.08. The number of amides is 1. The Morgan fingerprint density at radius 1 is 1.33 bits per heavy atom. The van der Waals surface area contributed by atoms with Crippen molar-refractivity contribution in [1.29, 1.82) is 0 Å². The molecular formula is C10H7ClNO3-. The lowest BCUT2D eigenvalue weighted by atomic mass is 10.3. The normalized spacial score (nSPS) is 10.2. The maximum absolute atomic E-state index is 11.1. The Bertz CT molecular complexity index is 415. The summed E-state index contributed by atoms with van der Waals surface area (Å²) in [5.41, 5.74) is 0.496. The van der Waals surface area contributed by atoms with Gasteiger partial charge in [-0.3, -0.25) is 4.79 Å². The molecule has 0 bridgehead atoms. The van der Waals surface area contributed by atoms with Gasteiger partial charge in [-0.05, 0) is 24.3 Å². The zero-order valence-electron chi connectivity index (χ0n) is 7.57. The molecule has 0 aliphatic carbocycles. The molecule has 0 aromatic heterocycles. The number of aliphatic carboxylic acids is 1. The maximum Gasteiger partial charge on any atom is 0.248 e. The Balaban J connectivity index is 2.63. The lowest BCUT2D eigenvalue weighted by molar-refractivity contribution is -0.297. The molecular weight excluding hydrogens is 218 g/mol. The van der Waals surface area contributed by atoms with Crippen LogP contribution in [-0.4, -0.2) is 11.9 Å². The van der Waals surface area contributed by atoms with Gasteiger partial charge in [-0.1, -0.05) is 17.7 Å². The molecule has 0 saturated heterocycles. The maximum atomic E-state index is 11.1. The molecule has 1 aromatic rings. The molecule has 5 heteroatoms. The number of anilines is 1. The Morgan fingerprint density at radius 3 is 2.67 bits per heavy atom. The third-order valence-corrected chi connectivity index (χ3v) is 1.70. The van der Waals surface area contributed by atoms with Crippen LogP contribution in [0, 0.1) is 0 Å². The van der Waals surface area contributed by atoms with E-state index in [2.05, 4.69) is 5.32 Å². The minimum absolute atomic E-state index is 0.483. The van der Waals surface area contributed by atoms with Crippen molar-refractivity contribution >= 4 is 29.2 Å². The summed E-state index contributed by atoms with van der Waals surface area (Å²) in [5.74, 6) is -1.97. The monoisotopic (exact) mass is 224 g/mol. The summed E-state index contributed by atoms with van der Waals surface area (Å²) in [6.07, 6.45) is 1.52. The highest BCUT2D eigenvalue weighted by Gasteiger charge is 1.97. The Kier molecular flexibility index (Phi) is 3.88. The van der Waals surface area contributed by atoms with Gasteiger partial charge in [-0.2, -0.15) is 0 Å². The van der Waals surface area contributed by atoms with Crippen LogP contribution in [0.3, 0.4) is 0 Å². The fourth-order valence-electron chi connectivity index (χ4n) is 0.894. The van der Waals surface area contributed by atoms with Gasteiger partial charge in [0.15, 0.2) is 0 Å². The number of nitrogens with one attached hydrogen (secondary N) is 1. The van der Waals surface area contributed by atoms with Crippen LogP contribution in [0.4, 0.5) is 5.69 Å². The summed E-state index contributed by atoms with van der Waals surface area (Å²) >= 11 is 5.68. The molecule has 0 radical (unpaired) electrons. The zero-order chi connectivity index (χ0) is 11.3. The van der Waals surface area contributed by atoms with E-state index in [1.807, 2.05) is 0 Å². The van der Waals surface area contributed by atoms with Crippen LogP contribution in [0.2, 0.25) is 5.02 Å². The van der Waals surface area contributed by atoms with E-state index in [1.54, 1.807) is 24.3 Å². The fraction of sp³-hybridized carbons (Fsp3) is 0. The summed E-state index contributed by atoms with van der Waals surface area (Å²) in [6.45, 7) is 0. The Morgan fingerprint density at radius 2 is 2.07 bits per heavy atom. The third-order valence-electron chi connectivity index (χ3n) is 1.46. The highest BCUT2D eigenvalue weighted by atomic mass is 35.5. The minimum Gasteiger partial charge on any atom is -0.545 e. The van der Waals surface area contributed by atoms with Gasteiger partial charge in [0.25, 0.3) is 0 Å². The van der Waals surface area contributed by atoms with Crippen molar-refractivity contribution in [3.05, 3.63) is 41.4 Å². The number of hydrogen-bond acceptors (Lipinski definition) is 3.